The van der Waals surface area contributed by atoms with Crippen LogP contribution in [0.25, 0.3) is 10.9 Å². The summed E-state index contributed by atoms with van der Waals surface area (Å²) >= 11 is 0. The summed E-state index contributed by atoms with van der Waals surface area (Å²) in [5.74, 6) is -0.189. The van der Waals surface area contributed by atoms with Gasteiger partial charge in [0.25, 0.3) is 0 Å². The van der Waals surface area contributed by atoms with Crippen molar-refractivity contribution in [1.29, 1.82) is 0 Å². The van der Waals surface area contributed by atoms with Gasteiger partial charge in [0.2, 0.25) is 11.5 Å². The molecule has 2 aromatic heterocycles. The van der Waals surface area contributed by atoms with E-state index in [4.69, 9.17) is 0 Å². The van der Waals surface area contributed by atoms with Crippen LogP contribution >= 0.6 is 0 Å². The van der Waals surface area contributed by atoms with E-state index in [1.807, 2.05) is 6.92 Å². The number of hydrogen-bond donors (Lipinski definition) is 3. The Labute approximate surface area is 175 Å². The Hall–Kier alpha value is -3.20. The Balaban J connectivity index is 1.38. The van der Waals surface area contributed by atoms with Crippen LogP contribution in [0.4, 0.5) is 18.9 Å². The third-order valence-corrected chi connectivity index (χ3v) is 5.45. The molecule has 0 aliphatic carbocycles. The minimum absolute atomic E-state index is 0.0663. The monoisotopic (exact) mass is 430 g/mol. The van der Waals surface area contributed by atoms with Crippen molar-refractivity contribution in [2.45, 2.75) is 44.4 Å². The fourth-order valence-electron chi connectivity index (χ4n) is 3.95. The Morgan fingerprint density at radius 2 is 2.03 bits per heavy atom. The van der Waals surface area contributed by atoms with Gasteiger partial charge in [-0.3, -0.25) is 9.59 Å². The van der Waals surface area contributed by atoms with Crippen LogP contribution in [0, 0.1) is 0 Å². The van der Waals surface area contributed by atoms with Crippen LogP contribution in [0.15, 0.2) is 47.4 Å². The van der Waals surface area contributed by atoms with Gasteiger partial charge in [-0.15, -0.1) is 0 Å². The number of halogens is 3. The highest BCUT2D eigenvalue weighted by Crippen LogP contribution is 2.30. The van der Waals surface area contributed by atoms with E-state index in [2.05, 4.69) is 20.6 Å². The lowest BCUT2D eigenvalue weighted by molar-refractivity contribution is -0.141. The highest BCUT2D eigenvalue weighted by Gasteiger charge is 2.32. The summed E-state index contributed by atoms with van der Waals surface area (Å²) < 4.78 is 38.4. The van der Waals surface area contributed by atoms with Crippen molar-refractivity contribution >= 4 is 22.5 Å². The normalized spacial score (nSPS) is 18.6. The first kappa shape index (κ1) is 21.0. The number of amides is 1. The Kier molecular flexibility index (Phi) is 5.53. The lowest BCUT2D eigenvalue weighted by atomic mass is 9.90. The molecule has 0 radical (unpaired) electrons. The summed E-state index contributed by atoms with van der Waals surface area (Å²) in [7, 11) is 0. The summed E-state index contributed by atoms with van der Waals surface area (Å²) in [6, 6.07) is 8.60. The molecule has 1 aromatic carbocycles. The Bertz CT molecular complexity index is 1190. The van der Waals surface area contributed by atoms with Gasteiger partial charge in [-0.05, 0) is 55.2 Å². The van der Waals surface area contributed by atoms with E-state index in [-0.39, 0.29) is 35.5 Å². The largest absolute Gasteiger partial charge is 0.433 e. The van der Waals surface area contributed by atoms with Gasteiger partial charge in [0, 0.05) is 41.8 Å². The minimum atomic E-state index is -4.50. The number of carbonyl (C=O) groups excluding carboxylic acids is 1. The number of fused-ring (bicyclic) bond motifs is 2. The van der Waals surface area contributed by atoms with Crippen LogP contribution < -0.4 is 16.2 Å². The maximum atomic E-state index is 12.8. The Morgan fingerprint density at radius 3 is 2.81 bits per heavy atom. The van der Waals surface area contributed by atoms with Crippen molar-refractivity contribution in [2.75, 3.05) is 5.32 Å². The molecular weight excluding hydrogens is 409 g/mol. The van der Waals surface area contributed by atoms with Crippen LogP contribution in [0.1, 0.15) is 42.6 Å². The number of nitrogens with one attached hydrogen (secondary N) is 3. The number of aromatic amines is 1. The second-order valence-electron chi connectivity index (χ2n) is 7.76. The Morgan fingerprint density at radius 1 is 1.23 bits per heavy atom. The van der Waals surface area contributed by atoms with Crippen LogP contribution in [-0.2, 0) is 17.4 Å². The SMILES string of the molecule is CC1NC(CCC(=O)Nc2ccc3nc(C(F)(F)F)ccc3c2)Cc2cc(=O)[nH]cc21. The molecule has 162 valence electrons. The highest BCUT2D eigenvalue weighted by molar-refractivity contribution is 5.93. The number of pyridine rings is 2. The molecule has 3 N–H and O–H groups in total. The quantitative estimate of drug-likeness (QED) is 0.585. The second kappa shape index (κ2) is 8.14. The van der Waals surface area contributed by atoms with Crippen LogP contribution in [0.5, 0.6) is 0 Å². The van der Waals surface area contributed by atoms with Crippen LogP contribution in [0.2, 0.25) is 0 Å². The second-order valence-corrected chi connectivity index (χ2v) is 7.76. The van der Waals surface area contributed by atoms with E-state index in [1.165, 1.54) is 18.2 Å². The van der Waals surface area contributed by atoms with Crippen molar-refractivity contribution in [1.82, 2.24) is 15.3 Å². The number of aromatic nitrogens is 2. The third kappa shape index (κ3) is 4.77. The van der Waals surface area contributed by atoms with Gasteiger partial charge in [0.15, 0.2) is 0 Å². The molecule has 9 heteroatoms. The molecule has 4 rings (SSSR count). The van der Waals surface area contributed by atoms with Crippen molar-refractivity contribution in [2.24, 2.45) is 0 Å². The number of anilines is 1. The number of carbonyl (C=O) groups is 1. The minimum Gasteiger partial charge on any atom is -0.329 e. The van der Waals surface area contributed by atoms with Crippen molar-refractivity contribution in [3.63, 3.8) is 0 Å². The van der Waals surface area contributed by atoms with Gasteiger partial charge in [-0.2, -0.15) is 13.2 Å². The molecule has 1 amide bonds. The molecule has 3 aromatic rings. The molecule has 3 heterocycles. The van der Waals surface area contributed by atoms with Gasteiger partial charge < -0.3 is 15.6 Å². The first-order valence-electron chi connectivity index (χ1n) is 9.94. The molecule has 1 aliphatic heterocycles. The zero-order chi connectivity index (χ0) is 22.2. The van der Waals surface area contributed by atoms with E-state index in [9.17, 15) is 22.8 Å². The molecule has 0 saturated carbocycles. The lowest BCUT2D eigenvalue weighted by Gasteiger charge is -2.30. The fraction of sp³-hybridized carbons (Fsp3) is 0.318. The maximum absolute atomic E-state index is 12.8. The standard InChI is InChI=1S/C22H21F3N4O2/c1-12-17-11-26-21(31)10-14(17)9-15(27-12)4-7-20(30)28-16-3-5-18-13(8-16)2-6-19(29-18)22(23,24)25/h2-3,5-6,8,10-12,15,27H,4,7,9H2,1H3,(H,26,31)(H,28,30). The number of H-pyrrole nitrogens is 1. The average molecular weight is 430 g/mol. The van der Waals surface area contributed by atoms with E-state index in [0.717, 1.165) is 17.2 Å². The highest BCUT2D eigenvalue weighted by atomic mass is 19.4. The molecule has 0 fully saturated rings. The van der Waals surface area contributed by atoms with Crippen molar-refractivity contribution < 1.29 is 18.0 Å². The predicted octanol–water partition coefficient (Wildman–Crippen LogP) is 3.94. The predicted molar refractivity (Wildman–Crippen MR) is 111 cm³/mol. The van der Waals surface area contributed by atoms with E-state index in [0.29, 0.717) is 23.9 Å². The van der Waals surface area contributed by atoms with Gasteiger partial charge in [0.05, 0.1) is 5.52 Å². The smallest absolute Gasteiger partial charge is 0.329 e. The van der Waals surface area contributed by atoms with Gasteiger partial charge >= 0.3 is 6.18 Å². The molecule has 0 bridgehead atoms. The number of rotatable bonds is 4. The summed E-state index contributed by atoms with van der Waals surface area (Å²) in [5, 5.41) is 6.75. The van der Waals surface area contributed by atoms with Crippen LogP contribution in [-0.4, -0.2) is 21.9 Å². The number of nitrogens with zero attached hydrogens (tertiary/aromatic N) is 1. The van der Waals surface area contributed by atoms with E-state index < -0.39 is 11.9 Å². The first-order valence-corrected chi connectivity index (χ1v) is 9.94. The molecule has 0 spiro atoms. The summed E-state index contributed by atoms with van der Waals surface area (Å²) in [6.07, 6.45) is -1.25. The molecule has 2 unspecified atom stereocenters. The number of benzene rings is 1. The van der Waals surface area contributed by atoms with Gasteiger partial charge in [0.1, 0.15) is 5.69 Å². The van der Waals surface area contributed by atoms with Crippen LogP contribution in [0.3, 0.4) is 0 Å². The topological polar surface area (TPSA) is 86.9 Å². The summed E-state index contributed by atoms with van der Waals surface area (Å²) in [6.45, 7) is 2.01. The fourth-order valence-corrected chi connectivity index (χ4v) is 3.95. The van der Waals surface area contributed by atoms with Crippen molar-refractivity contribution in [3.05, 3.63) is 69.8 Å². The zero-order valence-electron chi connectivity index (χ0n) is 16.7. The van der Waals surface area contributed by atoms with Gasteiger partial charge in [-0.1, -0.05) is 6.07 Å². The lowest BCUT2D eigenvalue weighted by Crippen LogP contribution is -2.39. The molecular formula is C22H21F3N4O2. The van der Waals surface area contributed by atoms with Crippen molar-refractivity contribution in [3.8, 4) is 0 Å². The summed E-state index contributed by atoms with van der Waals surface area (Å²) in [4.78, 5) is 30.3. The molecule has 0 saturated heterocycles. The average Bonchev–Trinajstić information content (AvgIpc) is 2.71. The third-order valence-electron chi connectivity index (χ3n) is 5.45. The first-order chi connectivity index (χ1) is 14.7. The van der Waals surface area contributed by atoms with Gasteiger partial charge in [-0.25, -0.2) is 4.98 Å². The molecule has 31 heavy (non-hydrogen) atoms. The summed E-state index contributed by atoms with van der Waals surface area (Å²) in [5.41, 5.74) is 1.66. The number of alkyl halides is 3. The molecule has 1 aliphatic rings. The molecule has 6 nitrogen and oxygen atoms in total. The van der Waals surface area contributed by atoms with E-state index in [1.54, 1.807) is 18.3 Å². The maximum Gasteiger partial charge on any atom is 0.433 e. The number of hydrogen-bond acceptors (Lipinski definition) is 4. The molecule has 2 atom stereocenters. The van der Waals surface area contributed by atoms with E-state index >= 15 is 0 Å². The zero-order valence-corrected chi connectivity index (χ0v) is 16.7.